The molecule has 2 atom stereocenters. The maximum absolute atomic E-state index is 10.2. The van der Waals surface area contributed by atoms with E-state index in [9.17, 15) is 10.2 Å². The molecule has 0 fully saturated rings. The number of phenolic OH excluding ortho intramolecular Hbond substituents is 1. The van der Waals surface area contributed by atoms with Crippen LogP contribution < -0.4 is 0 Å². The van der Waals surface area contributed by atoms with Crippen molar-refractivity contribution in [3.63, 3.8) is 0 Å². The third-order valence-corrected chi connectivity index (χ3v) is 5.23. The average molecular weight is 311 g/mol. The minimum Gasteiger partial charge on any atom is -0.508 e. The number of aliphatic hydroxyl groups excluding tert-OH is 1. The highest BCUT2D eigenvalue weighted by atomic mass is 79.9. The number of hydrogen-bond donors (Lipinski definition) is 2. The standard InChI is InChI=1S/C15H19BrO2/c1-9-6-14(18)12(7-13(9)16)15(3)5-4-11(8-17)10(15)2/h4,6-7,10,17-18H,5,8H2,1-3H3/t10-,15+/m0/s1. The summed E-state index contributed by atoms with van der Waals surface area (Å²) in [6.07, 6.45) is 2.95. The van der Waals surface area contributed by atoms with Crippen LogP contribution in [0.5, 0.6) is 5.75 Å². The molecule has 2 rings (SSSR count). The van der Waals surface area contributed by atoms with Crippen molar-refractivity contribution < 1.29 is 10.2 Å². The largest absolute Gasteiger partial charge is 0.508 e. The zero-order valence-corrected chi connectivity index (χ0v) is 12.6. The van der Waals surface area contributed by atoms with E-state index in [2.05, 4.69) is 35.9 Å². The molecule has 0 saturated heterocycles. The molecule has 0 aliphatic heterocycles. The first kappa shape index (κ1) is 13.6. The Hall–Kier alpha value is -0.800. The zero-order chi connectivity index (χ0) is 13.5. The number of aryl methyl sites for hydroxylation is 1. The third kappa shape index (κ3) is 1.99. The number of allylic oxidation sites excluding steroid dienone is 1. The van der Waals surface area contributed by atoms with Gasteiger partial charge in [-0.25, -0.2) is 0 Å². The molecular weight excluding hydrogens is 292 g/mol. The molecule has 0 aromatic heterocycles. The van der Waals surface area contributed by atoms with E-state index in [1.165, 1.54) is 0 Å². The summed E-state index contributed by atoms with van der Waals surface area (Å²) in [5.74, 6) is 0.584. The maximum Gasteiger partial charge on any atom is 0.119 e. The van der Waals surface area contributed by atoms with Gasteiger partial charge in [-0.1, -0.05) is 35.9 Å². The first-order valence-corrected chi connectivity index (χ1v) is 6.99. The molecule has 0 bridgehead atoms. The van der Waals surface area contributed by atoms with Crippen molar-refractivity contribution in [3.05, 3.63) is 39.4 Å². The number of aromatic hydroxyl groups is 1. The molecule has 0 saturated carbocycles. The number of benzene rings is 1. The molecule has 98 valence electrons. The first-order chi connectivity index (χ1) is 8.40. The molecule has 3 heteroatoms. The van der Waals surface area contributed by atoms with E-state index in [4.69, 9.17) is 0 Å². The number of rotatable bonds is 2. The summed E-state index contributed by atoms with van der Waals surface area (Å²) in [4.78, 5) is 0. The molecule has 1 aliphatic carbocycles. The number of hydrogen-bond acceptors (Lipinski definition) is 2. The van der Waals surface area contributed by atoms with Gasteiger partial charge in [0.25, 0.3) is 0 Å². The molecule has 0 unspecified atom stereocenters. The highest BCUT2D eigenvalue weighted by Crippen LogP contribution is 2.48. The van der Waals surface area contributed by atoms with Crippen LogP contribution >= 0.6 is 15.9 Å². The van der Waals surface area contributed by atoms with Crippen LogP contribution in [0.3, 0.4) is 0 Å². The maximum atomic E-state index is 10.2. The third-order valence-electron chi connectivity index (χ3n) is 4.37. The summed E-state index contributed by atoms with van der Waals surface area (Å²) in [5.41, 5.74) is 2.90. The van der Waals surface area contributed by atoms with E-state index in [0.29, 0.717) is 5.75 Å². The predicted octanol–water partition coefficient (Wildman–Crippen LogP) is 3.68. The summed E-state index contributed by atoms with van der Waals surface area (Å²) in [5, 5.41) is 19.6. The lowest BCUT2D eigenvalue weighted by Crippen LogP contribution is -2.27. The van der Waals surface area contributed by atoms with Gasteiger partial charge in [0.15, 0.2) is 0 Å². The summed E-state index contributed by atoms with van der Waals surface area (Å²) in [6, 6.07) is 3.81. The van der Waals surface area contributed by atoms with Gasteiger partial charge in [-0.15, -0.1) is 0 Å². The van der Waals surface area contributed by atoms with E-state index < -0.39 is 0 Å². The van der Waals surface area contributed by atoms with Crippen molar-refractivity contribution in [1.29, 1.82) is 0 Å². The molecule has 2 nitrogen and oxygen atoms in total. The van der Waals surface area contributed by atoms with Crippen molar-refractivity contribution in [2.45, 2.75) is 32.6 Å². The Morgan fingerprint density at radius 1 is 1.44 bits per heavy atom. The van der Waals surface area contributed by atoms with E-state index >= 15 is 0 Å². The smallest absolute Gasteiger partial charge is 0.119 e. The van der Waals surface area contributed by atoms with Crippen molar-refractivity contribution in [2.75, 3.05) is 6.61 Å². The van der Waals surface area contributed by atoms with Gasteiger partial charge in [0.1, 0.15) is 5.75 Å². The second-order valence-electron chi connectivity index (χ2n) is 5.40. The number of phenols is 1. The van der Waals surface area contributed by atoms with Crippen molar-refractivity contribution in [2.24, 2.45) is 5.92 Å². The molecule has 1 aliphatic rings. The summed E-state index contributed by atoms with van der Waals surface area (Å²) in [6.45, 7) is 6.33. The van der Waals surface area contributed by atoms with Gasteiger partial charge in [-0.2, -0.15) is 0 Å². The number of aliphatic hydroxyl groups is 1. The van der Waals surface area contributed by atoms with E-state index in [0.717, 1.165) is 27.6 Å². The topological polar surface area (TPSA) is 40.5 Å². The van der Waals surface area contributed by atoms with E-state index in [1.54, 1.807) is 6.07 Å². The monoisotopic (exact) mass is 310 g/mol. The fraction of sp³-hybridized carbons (Fsp3) is 0.467. The van der Waals surface area contributed by atoms with Crippen LogP contribution in [0.2, 0.25) is 0 Å². The predicted molar refractivity (Wildman–Crippen MR) is 76.8 cm³/mol. The average Bonchev–Trinajstić information content (AvgIpc) is 2.61. The minimum atomic E-state index is -0.141. The lowest BCUT2D eigenvalue weighted by molar-refractivity contribution is 0.293. The Bertz CT molecular complexity index is 507. The second-order valence-corrected chi connectivity index (χ2v) is 6.25. The summed E-state index contributed by atoms with van der Waals surface area (Å²) < 4.78 is 1.01. The van der Waals surface area contributed by atoms with Gasteiger partial charge >= 0.3 is 0 Å². The van der Waals surface area contributed by atoms with Crippen molar-refractivity contribution in [3.8, 4) is 5.75 Å². The molecule has 0 amide bonds. The van der Waals surface area contributed by atoms with Crippen LogP contribution in [0.1, 0.15) is 31.4 Å². The molecule has 0 heterocycles. The molecule has 1 aromatic rings. The summed E-state index contributed by atoms with van der Waals surface area (Å²) >= 11 is 3.53. The van der Waals surface area contributed by atoms with Crippen LogP contribution in [0, 0.1) is 12.8 Å². The fourth-order valence-electron chi connectivity index (χ4n) is 2.77. The fourth-order valence-corrected chi connectivity index (χ4v) is 3.12. The zero-order valence-electron chi connectivity index (χ0n) is 11.0. The van der Waals surface area contributed by atoms with Gasteiger partial charge < -0.3 is 10.2 Å². The Kier molecular flexibility index (Phi) is 3.56. The van der Waals surface area contributed by atoms with Gasteiger partial charge in [0.2, 0.25) is 0 Å². The van der Waals surface area contributed by atoms with Crippen LogP contribution in [0.4, 0.5) is 0 Å². The van der Waals surface area contributed by atoms with Gasteiger partial charge in [0, 0.05) is 15.5 Å². The summed E-state index contributed by atoms with van der Waals surface area (Å²) in [7, 11) is 0. The quantitative estimate of drug-likeness (QED) is 0.818. The molecule has 0 radical (unpaired) electrons. The molecule has 1 aromatic carbocycles. The Labute approximate surface area is 116 Å². The van der Waals surface area contributed by atoms with Gasteiger partial charge in [-0.05, 0) is 42.5 Å². The molecular formula is C15H19BrO2. The Balaban J connectivity index is 2.47. The molecule has 0 spiro atoms. The van der Waals surface area contributed by atoms with Crippen LogP contribution in [-0.2, 0) is 5.41 Å². The first-order valence-electron chi connectivity index (χ1n) is 6.19. The van der Waals surface area contributed by atoms with Crippen LogP contribution in [0.15, 0.2) is 28.3 Å². The highest BCUT2D eigenvalue weighted by Gasteiger charge is 2.40. The van der Waals surface area contributed by atoms with E-state index in [-0.39, 0.29) is 17.9 Å². The van der Waals surface area contributed by atoms with Gasteiger partial charge in [-0.3, -0.25) is 0 Å². The van der Waals surface area contributed by atoms with E-state index in [1.807, 2.05) is 13.0 Å². The Morgan fingerprint density at radius 2 is 2.11 bits per heavy atom. The SMILES string of the molecule is Cc1cc(O)c([C@]2(C)CC=C(CO)[C@@H]2C)cc1Br. The highest BCUT2D eigenvalue weighted by molar-refractivity contribution is 9.10. The van der Waals surface area contributed by atoms with Gasteiger partial charge in [0.05, 0.1) is 6.61 Å². The van der Waals surface area contributed by atoms with Crippen LogP contribution in [0.25, 0.3) is 0 Å². The van der Waals surface area contributed by atoms with Crippen LogP contribution in [-0.4, -0.2) is 16.8 Å². The Morgan fingerprint density at radius 3 is 2.67 bits per heavy atom. The van der Waals surface area contributed by atoms with Crippen molar-refractivity contribution in [1.82, 2.24) is 0 Å². The minimum absolute atomic E-state index is 0.102. The second kappa shape index (κ2) is 4.71. The van der Waals surface area contributed by atoms with Crippen molar-refractivity contribution >= 4 is 15.9 Å². The lowest BCUT2D eigenvalue weighted by atomic mass is 9.72. The molecule has 2 N–H and O–H groups in total. The number of halogens is 1. The normalized spacial score (nSPS) is 27.4. The molecule has 18 heavy (non-hydrogen) atoms. The lowest BCUT2D eigenvalue weighted by Gasteiger charge is -2.32.